The van der Waals surface area contributed by atoms with Crippen LogP contribution in [0.25, 0.3) is 0 Å². The van der Waals surface area contributed by atoms with Crippen molar-refractivity contribution in [1.29, 1.82) is 0 Å². The van der Waals surface area contributed by atoms with Gasteiger partial charge < -0.3 is 29.3 Å². The van der Waals surface area contributed by atoms with Gasteiger partial charge in [0.05, 0.1) is 25.2 Å². The molecule has 2 amide bonds. The van der Waals surface area contributed by atoms with Gasteiger partial charge in [0.15, 0.2) is 0 Å². The molecule has 0 aromatic heterocycles. The summed E-state index contributed by atoms with van der Waals surface area (Å²) in [5.74, 6) is -3.11. The van der Waals surface area contributed by atoms with Crippen LogP contribution in [0, 0.1) is 11.8 Å². The molecule has 9 heteroatoms. The number of rotatable bonds is 9. The number of hydrogen-bond acceptors (Lipinski definition) is 7. The molecule has 4 aliphatic heterocycles. The quantitative estimate of drug-likeness (QED) is 0.338. The Hall–Kier alpha value is -3.95. The Morgan fingerprint density at radius 3 is 2.33 bits per heavy atom. The number of anilines is 2. The summed E-state index contributed by atoms with van der Waals surface area (Å²) in [4.78, 5) is 48.8. The zero-order chi connectivity index (χ0) is 31.8. The topological polar surface area (TPSA) is 99.6 Å². The van der Waals surface area contributed by atoms with E-state index in [9.17, 15) is 19.5 Å². The van der Waals surface area contributed by atoms with Crippen LogP contribution in [0.5, 0.6) is 0 Å². The number of amides is 2. The molecular formula is C36H43N3O6. The molecule has 0 saturated carbocycles. The fraction of sp³-hybridized carbons (Fsp3) is 0.472. The lowest BCUT2D eigenvalue weighted by molar-refractivity contribution is -0.161. The molecule has 0 bridgehead atoms. The van der Waals surface area contributed by atoms with Gasteiger partial charge in [-0.05, 0) is 62.9 Å². The molecule has 0 radical (unpaired) electrons. The maximum atomic E-state index is 14.9. The maximum Gasteiger partial charge on any atom is 0.313 e. The van der Waals surface area contributed by atoms with E-state index in [-0.39, 0.29) is 31.6 Å². The van der Waals surface area contributed by atoms with E-state index in [2.05, 4.69) is 18.7 Å². The number of aliphatic hydroxyl groups is 1. The van der Waals surface area contributed by atoms with Crippen LogP contribution in [0.3, 0.4) is 0 Å². The van der Waals surface area contributed by atoms with Gasteiger partial charge in [-0.3, -0.25) is 14.4 Å². The van der Waals surface area contributed by atoms with Crippen LogP contribution in [0.15, 0.2) is 78.9 Å². The van der Waals surface area contributed by atoms with Crippen LogP contribution in [-0.2, 0) is 30.3 Å². The largest absolute Gasteiger partial charge is 0.465 e. The molecule has 4 heterocycles. The number of ether oxygens (including phenoxy) is 2. The minimum atomic E-state index is -1.43. The Morgan fingerprint density at radius 2 is 1.67 bits per heavy atom. The lowest BCUT2D eigenvalue weighted by atomic mass is 9.73. The maximum absolute atomic E-state index is 14.9. The van der Waals surface area contributed by atoms with Gasteiger partial charge >= 0.3 is 5.97 Å². The summed E-state index contributed by atoms with van der Waals surface area (Å²) in [6.45, 7) is 7.99. The first-order valence-corrected chi connectivity index (χ1v) is 16.2. The van der Waals surface area contributed by atoms with Gasteiger partial charge in [0.2, 0.25) is 5.91 Å². The number of hydrogen-bond donors (Lipinski definition) is 1. The predicted molar refractivity (Wildman–Crippen MR) is 172 cm³/mol. The fourth-order valence-electron chi connectivity index (χ4n) is 7.86. The van der Waals surface area contributed by atoms with Gasteiger partial charge in [-0.1, -0.05) is 61.6 Å². The Kier molecular flexibility index (Phi) is 8.59. The molecular weight excluding hydrogens is 570 g/mol. The lowest BCUT2D eigenvalue weighted by Gasteiger charge is -2.41. The lowest BCUT2D eigenvalue weighted by Crippen LogP contribution is -2.59. The molecule has 6 rings (SSSR count). The molecule has 45 heavy (non-hydrogen) atoms. The van der Waals surface area contributed by atoms with Crippen molar-refractivity contribution in [1.82, 2.24) is 4.90 Å². The van der Waals surface area contributed by atoms with Crippen LogP contribution in [-0.4, -0.2) is 83.9 Å². The summed E-state index contributed by atoms with van der Waals surface area (Å²) in [5.41, 5.74) is 0.146. The van der Waals surface area contributed by atoms with Gasteiger partial charge in [0.25, 0.3) is 5.91 Å². The molecule has 0 aliphatic carbocycles. The molecule has 1 unspecified atom stereocenters. The number of carbonyl (C=O) groups excluding carboxylic acids is 3. The van der Waals surface area contributed by atoms with E-state index in [0.717, 1.165) is 24.3 Å². The second kappa shape index (κ2) is 12.4. The summed E-state index contributed by atoms with van der Waals surface area (Å²) in [6.07, 6.45) is 8.86. The first kappa shape index (κ1) is 31.0. The third-order valence-electron chi connectivity index (χ3n) is 10.0. The number of esters is 1. The van der Waals surface area contributed by atoms with Crippen LogP contribution in [0.2, 0.25) is 0 Å². The third-order valence-corrected chi connectivity index (χ3v) is 10.0. The van der Waals surface area contributed by atoms with Gasteiger partial charge in [0, 0.05) is 31.0 Å². The highest BCUT2D eigenvalue weighted by molar-refractivity contribution is 6.06. The average molecular weight is 614 g/mol. The molecule has 238 valence electrons. The smallest absolute Gasteiger partial charge is 0.313 e. The first-order valence-electron chi connectivity index (χ1n) is 16.2. The Bertz CT molecular complexity index is 1470. The summed E-state index contributed by atoms with van der Waals surface area (Å²) in [6, 6.07) is 15.7. The third kappa shape index (κ3) is 5.06. The van der Waals surface area contributed by atoms with E-state index in [1.807, 2.05) is 85.8 Å². The van der Waals surface area contributed by atoms with Gasteiger partial charge in [-0.25, -0.2) is 0 Å². The predicted octanol–water partition coefficient (Wildman–Crippen LogP) is 3.90. The molecule has 2 aromatic rings. The Morgan fingerprint density at radius 1 is 0.933 bits per heavy atom. The van der Waals surface area contributed by atoms with E-state index in [4.69, 9.17) is 9.47 Å². The summed E-state index contributed by atoms with van der Waals surface area (Å²) in [7, 11) is 0. The minimum absolute atomic E-state index is 0.214. The van der Waals surface area contributed by atoms with Crippen molar-refractivity contribution in [2.24, 2.45) is 11.8 Å². The molecule has 2 aromatic carbocycles. The molecule has 1 N–H and O–H groups in total. The van der Waals surface area contributed by atoms with Gasteiger partial charge in [0.1, 0.15) is 23.2 Å². The van der Waals surface area contributed by atoms with Gasteiger partial charge in [-0.2, -0.15) is 0 Å². The molecule has 2 fully saturated rings. The normalized spacial score (nSPS) is 29.8. The zero-order valence-electron chi connectivity index (χ0n) is 26.3. The average Bonchev–Trinajstić information content (AvgIpc) is 3.41. The molecule has 1 spiro atoms. The Labute approximate surface area is 265 Å². The van der Waals surface area contributed by atoms with Crippen LogP contribution >= 0.6 is 0 Å². The highest BCUT2D eigenvalue weighted by Crippen LogP contribution is 2.58. The number of likely N-dealkylation sites (tertiary alicyclic amines) is 1. The van der Waals surface area contributed by atoms with Crippen LogP contribution in [0.1, 0.15) is 39.2 Å². The molecule has 2 saturated heterocycles. The molecule has 6 atom stereocenters. The zero-order valence-corrected chi connectivity index (χ0v) is 26.3. The van der Waals surface area contributed by atoms with Crippen molar-refractivity contribution in [3.8, 4) is 0 Å². The van der Waals surface area contributed by atoms with Gasteiger partial charge in [-0.15, -0.1) is 0 Å². The minimum Gasteiger partial charge on any atom is -0.465 e. The van der Waals surface area contributed by atoms with Crippen LogP contribution in [0.4, 0.5) is 11.4 Å². The van der Waals surface area contributed by atoms with Crippen LogP contribution < -0.4 is 9.80 Å². The first-order chi connectivity index (χ1) is 21.8. The van der Waals surface area contributed by atoms with E-state index in [0.29, 0.717) is 24.9 Å². The second-order valence-corrected chi connectivity index (χ2v) is 12.3. The monoisotopic (exact) mass is 613 g/mol. The number of benzene rings is 2. The van der Waals surface area contributed by atoms with E-state index in [1.165, 1.54) is 4.90 Å². The van der Waals surface area contributed by atoms with Crippen molar-refractivity contribution in [2.75, 3.05) is 42.6 Å². The summed E-state index contributed by atoms with van der Waals surface area (Å²) >= 11 is 0. The van der Waals surface area contributed by atoms with E-state index >= 15 is 0 Å². The fourth-order valence-corrected chi connectivity index (χ4v) is 7.86. The SMILES string of the molecule is CCN(CC)c1ccc(N2CC=C[C@]34O[C@@]5(CC)C=CCCOC(=O)[C@H]5[C@H]3C(=O)N([C@@H](CO)Cc3ccccc3)C4C2=O)cc1. The molecule has 4 aliphatic rings. The number of aliphatic hydroxyl groups excluding tert-OH is 1. The Balaban J connectivity index is 1.47. The van der Waals surface area contributed by atoms with Crippen molar-refractivity contribution < 1.29 is 29.0 Å². The highest BCUT2D eigenvalue weighted by Gasteiger charge is 2.76. The summed E-state index contributed by atoms with van der Waals surface area (Å²) < 4.78 is 12.7. The number of cyclic esters (lactones) is 1. The standard InChI is InChI=1S/C36H43N3O6/c1-4-35-19-10-11-22-44-34(43)30(35)29-32(41)39(28(24-40)23-25-13-8-7-9-14-25)31-33(42)38(21-12-20-36(29,31)45-35)27-17-15-26(16-18-27)37(5-2)6-3/h7-10,12-20,28-31,40H,4-6,11,21-24H2,1-3H3/t28-,29+,30-,31?,35+,36+/m1/s1. The summed E-state index contributed by atoms with van der Waals surface area (Å²) in [5, 5.41) is 10.8. The number of carbonyl (C=O) groups is 3. The van der Waals surface area contributed by atoms with Crippen molar-refractivity contribution >= 4 is 29.2 Å². The van der Waals surface area contributed by atoms with E-state index < -0.39 is 41.1 Å². The van der Waals surface area contributed by atoms with Crippen molar-refractivity contribution in [3.63, 3.8) is 0 Å². The molecule has 9 nitrogen and oxygen atoms in total. The van der Waals surface area contributed by atoms with E-state index in [1.54, 1.807) is 4.90 Å². The number of fused-ring (bicyclic) bond motifs is 2. The highest BCUT2D eigenvalue weighted by atomic mass is 16.6. The van der Waals surface area contributed by atoms with Crippen molar-refractivity contribution in [2.45, 2.75) is 63.3 Å². The number of nitrogens with zero attached hydrogens (tertiary/aromatic N) is 3. The van der Waals surface area contributed by atoms with Crippen molar-refractivity contribution in [3.05, 3.63) is 84.5 Å². The second-order valence-electron chi connectivity index (χ2n) is 12.3.